The number of aromatic nitrogens is 1. The van der Waals surface area contributed by atoms with Crippen molar-refractivity contribution in [3.63, 3.8) is 0 Å². The van der Waals surface area contributed by atoms with Gasteiger partial charge in [0.2, 0.25) is 0 Å². The summed E-state index contributed by atoms with van der Waals surface area (Å²) in [6.45, 7) is 6.19. The second-order valence-corrected chi connectivity index (χ2v) is 7.92. The van der Waals surface area contributed by atoms with E-state index >= 15 is 0 Å². The molecule has 2 rings (SSSR count). The van der Waals surface area contributed by atoms with Gasteiger partial charge in [0.25, 0.3) is 0 Å². The van der Waals surface area contributed by atoms with Gasteiger partial charge in [-0.25, -0.2) is 0 Å². The van der Waals surface area contributed by atoms with Gasteiger partial charge >= 0.3 is 5.97 Å². The van der Waals surface area contributed by atoms with E-state index in [1.165, 1.54) is 37.7 Å². The topological polar surface area (TPSA) is 39.2 Å². The predicted octanol–water partition coefficient (Wildman–Crippen LogP) is 6.82. The summed E-state index contributed by atoms with van der Waals surface area (Å²) < 4.78 is 5.39. The van der Waals surface area contributed by atoms with E-state index in [9.17, 15) is 4.79 Å². The van der Waals surface area contributed by atoms with E-state index < -0.39 is 11.3 Å². The molecule has 1 aromatic carbocycles. The molecular weight excluding hydrogens is 370 g/mol. The minimum absolute atomic E-state index is 0.0859. The molecule has 0 aliphatic rings. The van der Waals surface area contributed by atoms with Crippen molar-refractivity contribution in [2.24, 2.45) is 5.92 Å². The van der Waals surface area contributed by atoms with Crippen molar-refractivity contribution in [1.82, 2.24) is 4.98 Å². The largest absolute Gasteiger partial charge is 0.425 e. The van der Waals surface area contributed by atoms with Crippen molar-refractivity contribution in [2.75, 3.05) is 0 Å². The lowest BCUT2D eigenvalue weighted by molar-refractivity contribution is -0.134. The average molecular weight is 402 g/mol. The zero-order chi connectivity index (χ0) is 20.4. The minimum Gasteiger partial charge on any atom is -0.425 e. The quantitative estimate of drug-likeness (QED) is 0.179. The van der Waals surface area contributed by atoms with Crippen molar-refractivity contribution in [2.45, 2.75) is 71.1 Å². The maximum Gasteiger partial charge on any atom is 0.329 e. The fraction of sp³-hybridized carbons (Fsp3) is 0.500. The maximum atomic E-state index is 12.1. The molecule has 0 aliphatic heterocycles. The third kappa shape index (κ3) is 6.94. The van der Waals surface area contributed by atoms with Crippen molar-refractivity contribution >= 4 is 17.6 Å². The molecule has 0 saturated heterocycles. The van der Waals surface area contributed by atoms with Gasteiger partial charge in [-0.05, 0) is 54.7 Å². The number of carbonyl (C=O) groups is 1. The van der Waals surface area contributed by atoms with Gasteiger partial charge in [-0.15, -0.1) is 11.6 Å². The van der Waals surface area contributed by atoms with E-state index in [1.807, 2.05) is 32.2 Å². The number of benzene rings is 1. The fourth-order valence-corrected chi connectivity index (χ4v) is 3.20. The van der Waals surface area contributed by atoms with Crippen LogP contribution >= 0.6 is 11.6 Å². The molecule has 0 spiro atoms. The number of esters is 1. The Hall–Kier alpha value is -1.87. The van der Waals surface area contributed by atoms with Gasteiger partial charge in [-0.1, -0.05) is 58.9 Å². The normalized spacial score (nSPS) is 13.1. The Balaban J connectivity index is 1.89. The summed E-state index contributed by atoms with van der Waals surface area (Å²) in [6.07, 6.45) is 10.3. The molecule has 28 heavy (non-hydrogen) atoms. The number of hydrogen-bond acceptors (Lipinski definition) is 3. The smallest absolute Gasteiger partial charge is 0.329 e. The number of aryl methyl sites for hydroxylation is 1. The highest BCUT2D eigenvalue weighted by atomic mass is 35.5. The third-order valence-corrected chi connectivity index (χ3v) is 5.74. The first-order chi connectivity index (χ1) is 13.5. The SMILES string of the molecule is CCCCCCCc1ccc(-c2ccc(OC(=O)C(Cl)C(C)CC)cc2)nc1. The molecule has 4 heteroatoms. The molecule has 0 amide bonds. The Morgan fingerprint density at radius 2 is 1.75 bits per heavy atom. The Morgan fingerprint density at radius 3 is 2.36 bits per heavy atom. The Bertz CT molecular complexity index is 712. The average Bonchev–Trinajstić information content (AvgIpc) is 2.73. The molecule has 0 radical (unpaired) electrons. The van der Waals surface area contributed by atoms with E-state index in [2.05, 4.69) is 24.0 Å². The molecule has 0 bridgehead atoms. The van der Waals surface area contributed by atoms with Crippen molar-refractivity contribution in [3.8, 4) is 17.0 Å². The Kier molecular flexibility index (Phi) is 9.49. The lowest BCUT2D eigenvalue weighted by Gasteiger charge is -2.15. The highest BCUT2D eigenvalue weighted by molar-refractivity contribution is 6.30. The van der Waals surface area contributed by atoms with E-state index in [1.54, 1.807) is 12.1 Å². The maximum absolute atomic E-state index is 12.1. The van der Waals surface area contributed by atoms with Gasteiger partial charge in [0, 0.05) is 11.8 Å². The first-order valence-corrected chi connectivity index (χ1v) is 10.9. The summed E-state index contributed by atoms with van der Waals surface area (Å²) in [6, 6.07) is 11.6. The molecule has 0 saturated carbocycles. The first kappa shape index (κ1) is 22.4. The zero-order valence-electron chi connectivity index (χ0n) is 17.3. The number of alkyl halides is 1. The van der Waals surface area contributed by atoms with E-state index in [0.29, 0.717) is 5.75 Å². The summed E-state index contributed by atoms with van der Waals surface area (Å²) in [7, 11) is 0. The summed E-state index contributed by atoms with van der Waals surface area (Å²) >= 11 is 6.15. The fourth-order valence-electron chi connectivity index (χ4n) is 2.98. The van der Waals surface area contributed by atoms with Crippen molar-refractivity contribution in [1.29, 1.82) is 0 Å². The molecule has 0 fully saturated rings. The van der Waals surface area contributed by atoms with Crippen molar-refractivity contribution < 1.29 is 9.53 Å². The van der Waals surface area contributed by atoms with E-state index in [4.69, 9.17) is 16.3 Å². The molecule has 0 aliphatic carbocycles. The van der Waals surface area contributed by atoms with Crippen LogP contribution in [0.3, 0.4) is 0 Å². The van der Waals surface area contributed by atoms with Crippen LogP contribution in [0.5, 0.6) is 5.75 Å². The van der Waals surface area contributed by atoms with Gasteiger partial charge in [0.05, 0.1) is 5.69 Å². The number of rotatable bonds is 11. The highest BCUT2D eigenvalue weighted by Crippen LogP contribution is 2.23. The number of carbonyl (C=O) groups excluding carboxylic acids is 1. The van der Waals surface area contributed by atoms with Crippen LogP contribution in [0, 0.1) is 5.92 Å². The monoisotopic (exact) mass is 401 g/mol. The van der Waals surface area contributed by atoms with Gasteiger partial charge < -0.3 is 4.74 Å². The van der Waals surface area contributed by atoms with Crippen molar-refractivity contribution in [3.05, 3.63) is 48.2 Å². The van der Waals surface area contributed by atoms with Crippen LogP contribution in [-0.4, -0.2) is 16.3 Å². The standard InChI is InChI=1S/C24H32ClNO2/c1-4-6-7-8-9-10-19-11-16-22(26-17-19)20-12-14-21(15-13-20)28-24(27)23(25)18(3)5-2/h11-18,23H,4-10H2,1-3H3. The summed E-state index contributed by atoms with van der Waals surface area (Å²) in [4.78, 5) is 16.7. The number of ether oxygens (including phenoxy) is 1. The summed E-state index contributed by atoms with van der Waals surface area (Å²) in [5, 5.41) is -0.624. The number of unbranched alkanes of at least 4 members (excludes halogenated alkanes) is 4. The van der Waals surface area contributed by atoms with Gasteiger partial charge in [0.15, 0.2) is 0 Å². The summed E-state index contributed by atoms with van der Waals surface area (Å²) in [5.41, 5.74) is 3.20. The Labute approximate surface area is 174 Å². The first-order valence-electron chi connectivity index (χ1n) is 10.5. The van der Waals surface area contributed by atoms with Crippen LogP contribution in [0.15, 0.2) is 42.6 Å². The third-order valence-electron chi connectivity index (χ3n) is 5.13. The van der Waals surface area contributed by atoms with Crippen LogP contribution < -0.4 is 4.74 Å². The molecular formula is C24H32ClNO2. The van der Waals surface area contributed by atoms with Crippen LogP contribution in [0.2, 0.25) is 0 Å². The lowest BCUT2D eigenvalue weighted by Crippen LogP contribution is -2.26. The van der Waals surface area contributed by atoms with Gasteiger partial charge in [-0.2, -0.15) is 0 Å². The molecule has 152 valence electrons. The number of nitrogens with zero attached hydrogens (tertiary/aromatic N) is 1. The molecule has 1 aromatic heterocycles. The Morgan fingerprint density at radius 1 is 1.04 bits per heavy atom. The number of pyridine rings is 1. The number of halogens is 1. The highest BCUT2D eigenvalue weighted by Gasteiger charge is 2.23. The van der Waals surface area contributed by atoms with Crippen LogP contribution in [0.4, 0.5) is 0 Å². The van der Waals surface area contributed by atoms with E-state index in [0.717, 1.165) is 24.1 Å². The van der Waals surface area contributed by atoms with Crippen LogP contribution in [-0.2, 0) is 11.2 Å². The zero-order valence-corrected chi connectivity index (χ0v) is 18.0. The second-order valence-electron chi connectivity index (χ2n) is 7.45. The van der Waals surface area contributed by atoms with Gasteiger partial charge in [0.1, 0.15) is 11.1 Å². The molecule has 2 unspecified atom stereocenters. The molecule has 2 aromatic rings. The van der Waals surface area contributed by atoms with Gasteiger partial charge in [-0.3, -0.25) is 9.78 Å². The lowest BCUT2D eigenvalue weighted by atomic mass is 10.1. The molecule has 1 heterocycles. The van der Waals surface area contributed by atoms with E-state index in [-0.39, 0.29) is 5.92 Å². The predicted molar refractivity (Wildman–Crippen MR) is 117 cm³/mol. The van der Waals surface area contributed by atoms with Crippen LogP contribution in [0.25, 0.3) is 11.3 Å². The molecule has 3 nitrogen and oxygen atoms in total. The minimum atomic E-state index is -0.624. The van der Waals surface area contributed by atoms with Crippen LogP contribution in [0.1, 0.15) is 64.9 Å². The molecule has 0 N–H and O–H groups in total. The molecule has 2 atom stereocenters. The second kappa shape index (κ2) is 11.9. The number of hydrogen-bond donors (Lipinski definition) is 0. The summed E-state index contributed by atoms with van der Waals surface area (Å²) in [5.74, 6) is 0.194.